The summed E-state index contributed by atoms with van der Waals surface area (Å²) in [7, 11) is 0. The first kappa shape index (κ1) is 18.6. The van der Waals surface area contributed by atoms with Crippen molar-refractivity contribution in [1.82, 2.24) is 15.1 Å². The molecule has 2 heterocycles. The van der Waals surface area contributed by atoms with Crippen molar-refractivity contribution in [2.24, 2.45) is 0 Å². The van der Waals surface area contributed by atoms with Crippen LogP contribution in [0.4, 0.5) is 4.79 Å². The van der Waals surface area contributed by atoms with E-state index in [1.54, 1.807) is 6.20 Å². The molecule has 7 heteroatoms. The second-order valence-electron chi connectivity index (χ2n) is 6.90. The normalized spacial score (nSPS) is 12.0. The standard InChI is InChI=1S/C22H20N4O3/c1-15(25-22(27)28-14-16-5-3-2-4-6-16)13-26-21-17(12-24-26)7-8-20-19(21)11-18(29-20)9-10-23/h2-8,11-12,15H,9,13-14H2,1H3,(H,25,27)/t15-/m0/s1. The van der Waals surface area contributed by atoms with Crippen LogP contribution in [0.25, 0.3) is 21.9 Å². The first-order chi connectivity index (χ1) is 14.1. The first-order valence-electron chi connectivity index (χ1n) is 9.35. The Bertz CT molecular complexity index is 1190. The first-order valence-corrected chi connectivity index (χ1v) is 9.35. The van der Waals surface area contributed by atoms with Gasteiger partial charge in [0.25, 0.3) is 0 Å². The highest BCUT2D eigenvalue weighted by molar-refractivity contribution is 6.03. The van der Waals surface area contributed by atoms with Gasteiger partial charge in [-0.2, -0.15) is 10.4 Å². The molecule has 0 saturated heterocycles. The van der Waals surface area contributed by atoms with Crippen LogP contribution in [0.5, 0.6) is 0 Å². The van der Waals surface area contributed by atoms with Gasteiger partial charge in [0.15, 0.2) is 0 Å². The van der Waals surface area contributed by atoms with E-state index in [9.17, 15) is 4.79 Å². The van der Waals surface area contributed by atoms with Gasteiger partial charge in [-0.3, -0.25) is 4.68 Å². The number of nitriles is 1. The Kier molecular flexibility index (Phi) is 5.16. The molecule has 0 spiro atoms. The van der Waals surface area contributed by atoms with E-state index in [2.05, 4.69) is 16.5 Å². The van der Waals surface area contributed by atoms with E-state index >= 15 is 0 Å². The van der Waals surface area contributed by atoms with Crippen LogP contribution in [-0.4, -0.2) is 21.9 Å². The molecule has 29 heavy (non-hydrogen) atoms. The summed E-state index contributed by atoms with van der Waals surface area (Å²) in [4.78, 5) is 12.1. The lowest BCUT2D eigenvalue weighted by molar-refractivity contribution is 0.135. The highest BCUT2D eigenvalue weighted by Gasteiger charge is 2.15. The van der Waals surface area contributed by atoms with E-state index < -0.39 is 6.09 Å². The molecule has 0 aliphatic heterocycles. The minimum absolute atomic E-state index is 0.192. The highest BCUT2D eigenvalue weighted by atomic mass is 16.5. The third-order valence-electron chi connectivity index (χ3n) is 4.63. The van der Waals surface area contributed by atoms with Crippen molar-refractivity contribution >= 4 is 28.0 Å². The minimum atomic E-state index is -0.470. The Morgan fingerprint density at radius 2 is 2.14 bits per heavy atom. The van der Waals surface area contributed by atoms with Gasteiger partial charge in [-0.05, 0) is 30.7 Å². The summed E-state index contributed by atoms with van der Waals surface area (Å²) >= 11 is 0. The van der Waals surface area contributed by atoms with Gasteiger partial charge in [-0.25, -0.2) is 4.79 Å². The fourth-order valence-electron chi connectivity index (χ4n) is 3.32. The van der Waals surface area contributed by atoms with Crippen molar-refractivity contribution in [3.8, 4) is 6.07 Å². The number of alkyl carbamates (subject to hydrolysis) is 1. The van der Waals surface area contributed by atoms with Crippen molar-refractivity contribution in [2.45, 2.75) is 32.5 Å². The number of nitrogens with zero attached hydrogens (tertiary/aromatic N) is 3. The number of hydrogen-bond acceptors (Lipinski definition) is 5. The van der Waals surface area contributed by atoms with Crippen LogP contribution in [0.2, 0.25) is 0 Å². The van der Waals surface area contributed by atoms with Gasteiger partial charge >= 0.3 is 6.09 Å². The Morgan fingerprint density at radius 3 is 2.93 bits per heavy atom. The van der Waals surface area contributed by atoms with Crippen LogP contribution in [0.3, 0.4) is 0 Å². The number of furan rings is 1. The number of rotatable bonds is 6. The molecule has 0 saturated carbocycles. The van der Waals surface area contributed by atoms with Gasteiger partial charge in [0.1, 0.15) is 18.0 Å². The fourth-order valence-corrected chi connectivity index (χ4v) is 3.32. The van der Waals surface area contributed by atoms with Crippen molar-refractivity contribution in [1.29, 1.82) is 5.26 Å². The molecule has 2 aromatic heterocycles. The minimum Gasteiger partial charge on any atom is -0.460 e. The lowest BCUT2D eigenvalue weighted by atomic mass is 10.1. The maximum Gasteiger partial charge on any atom is 0.407 e. The number of fused-ring (bicyclic) bond motifs is 3. The predicted octanol–water partition coefficient (Wildman–Crippen LogP) is 4.16. The average Bonchev–Trinajstić information content (AvgIpc) is 3.31. The van der Waals surface area contributed by atoms with Crippen LogP contribution in [0, 0.1) is 11.3 Å². The third kappa shape index (κ3) is 4.06. The molecule has 0 unspecified atom stereocenters. The lowest BCUT2D eigenvalue weighted by Gasteiger charge is -2.15. The van der Waals surface area contributed by atoms with Gasteiger partial charge in [0, 0.05) is 16.8 Å². The van der Waals surface area contributed by atoms with Gasteiger partial charge in [-0.1, -0.05) is 30.3 Å². The van der Waals surface area contributed by atoms with Gasteiger partial charge in [-0.15, -0.1) is 0 Å². The number of ether oxygens (including phenoxy) is 1. The molecule has 2 aromatic carbocycles. The SMILES string of the molecule is C[C@@H](Cn1ncc2ccc3oc(CC#N)cc3c21)NC(=O)OCc1ccccc1. The molecule has 0 bridgehead atoms. The van der Waals surface area contributed by atoms with E-state index in [4.69, 9.17) is 14.4 Å². The fraction of sp³-hybridized carbons (Fsp3) is 0.227. The van der Waals surface area contributed by atoms with Crippen LogP contribution < -0.4 is 5.32 Å². The Morgan fingerprint density at radius 1 is 1.31 bits per heavy atom. The van der Waals surface area contributed by atoms with Crippen LogP contribution in [0.15, 0.2) is 59.1 Å². The monoisotopic (exact) mass is 388 g/mol. The summed E-state index contributed by atoms with van der Waals surface area (Å²) in [6.07, 6.45) is 1.53. The van der Waals surface area contributed by atoms with E-state index in [1.165, 1.54) is 0 Å². The summed E-state index contributed by atoms with van der Waals surface area (Å²) in [5.41, 5.74) is 2.57. The topological polar surface area (TPSA) is 93.1 Å². The Balaban J connectivity index is 1.46. The second kappa shape index (κ2) is 8.07. The van der Waals surface area contributed by atoms with Crippen LogP contribution in [0.1, 0.15) is 18.2 Å². The molecule has 146 valence electrons. The number of carbonyl (C=O) groups excluding carboxylic acids is 1. The molecule has 4 rings (SSSR count). The summed E-state index contributed by atoms with van der Waals surface area (Å²) < 4.78 is 12.9. The van der Waals surface area contributed by atoms with Crippen molar-refractivity contribution < 1.29 is 13.9 Å². The zero-order valence-corrected chi connectivity index (χ0v) is 16.0. The summed E-state index contributed by atoms with van der Waals surface area (Å²) in [6.45, 7) is 2.59. The van der Waals surface area contributed by atoms with Crippen LogP contribution >= 0.6 is 0 Å². The van der Waals surface area contributed by atoms with E-state index in [1.807, 2.05) is 60.1 Å². The molecule has 0 aliphatic carbocycles. The largest absolute Gasteiger partial charge is 0.460 e. The molecule has 1 amide bonds. The maximum absolute atomic E-state index is 12.1. The number of amides is 1. The van der Waals surface area contributed by atoms with Crippen LogP contribution in [-0.2, 0) is 24.3 Å². The third-order valence-corrected chi connectivity index (χ3v) is 4.63. The number of nitrogens with one attached hydrogen (secondary N) is 1. The maximum atomic E-state index is 12.1. The quantitative estimate of drug-likeness (QED) is 0.535. The zero-order chi connectivity index (χ0) is 20.2. The molecular weight excluding hydrogens is 368 g/mol. The Labute approximate surface area is 167 Å². The predicted molar refractivity (Wildman–Crippen MR) is 108 cm³/mol. The average molecular weight is 388 g/mol. The molecule has 1 atom stereocenters. The van der Waals surface area contributed by atoms with E-state index in [0.717, 1.165) is 21.9 Å². The molecule has 0 fully saturated rings. The Hall–Kier alpha value is -3.79. The summed E-state index contributed by atoms with van der Waals surface area (Å²) in [5, 5.41) is 18.1. The highest BCUT2D eigenvalue weighted by Crippen LogP contribution is 2.28. The molecule has 0 aliphatic rings. The van der Waals surface area contributed by atoms with Gasteiger partial charge in [0.2, 0.25) is 0 Å². The summed E-state index contributed by atoms with van der Waals surface area (Å²) in [5.74, 6) is 0.624. The van der Waals surface area contributed by atoms with Crippen molar-refractivity contribution in [3.05, 3.63) is 66.1 Å². The van der Waals surface area contributed by atoms with Gasteiger partial charge < -0.3 is 14.5 Å². The van der Waals surface area contributed by atoms with Gasteiger partial charge in [0.05, 0.1) is 30.7 Å². The number of benzene rings is 2. The molecular formula is C22H20N4O3. The van der Waals surface area contributed by atoms with Crippen molar-refractivity contribution in [3.63, 3.8) is 0 Å². The van der Waals surface area contributed by atoms with E-state index in [-0.39, 0.29) is 19.1 Å². The number of aromatic nitrogens is 2. The number of hydrogen-bond donors (Lipinski definition) is 1. The lowest BCUT2D eigenvalue weighted by Crippen LogP contribution is -2.36. The molecule has 1 N–H and O–H groups in total. The summed E-state index contributed by atoms with van der Waals surface area (Å²) in [6, 6.07) is 17.1. The molecule has 7 nitrogen and oxygen atoms in total. The molecule has 4 aromatic rings. The van der Waals surface area contributed by atoms with Crippen molar-refractivity contribution in [2.75, 3.05) is 0 Å². The number of carbonyl (C=O) groups is 1. The second-order valence-corrected chi connectivity index (χ2v) is 6.90. The van der Waals surface area contributed by atoms with E-state index in [0.29, 0.717) is 17.9 Å². The zero-order valence-electron chi connectivity index (χ0n) is 16.0. The molecule has 0 radical (unpaired) electrons. The smallest absolute Gasteiger partial charge is 0.407 e.